The molecule has 0 aliphatic carbocycles. The van der Waals surface area contributed by atoms with Crippen LogP contribution in [-0.4, -0.2) is 36.2 Å². The zero-order chi connectivity index (χ0) is 20.0. The second kappa shape index (κ2) is 8.81. The van der Waals surface area contributed by atoms with Crippen LogP contribution in [0.1, 0.15) is 38.6 Å². The summed E-state index contributed by atoms with van der Waals surface area (Å²) in [5.41, 5.74) is 0.389. The monoisotopic (exact) mass is 392 g/mol. The van der Waals surface area contributed by atoms with Crippen molar-refractivity contribution in [2.24, 2.45) is 0 Å². The molecule has 0 fully saturated rings. The van der Waals surface area contributed by atoms with Crippen LogP contribution in [-0.2, 0) is 15.0 Å². The lowest BCUT2D eigenvalue weighted by Crippen LogP contribution is -2.17. The summed E-state index contributed by atoms with van der Waals surface area (Å²) in [6.45, 7) is 6.07. The molecule has 146 valence electrons. The Kier molecular flexibility index (Phi) is 6.73. The molecule has 1 aromatic heterocycles. The highest BCUT2D eigenvalue weighted by atomic mass is 32.1. The molecule has 1 aromatic carbocycles. The molecule has 0 saturated carbocycles. The number of amides is 2. The minimum absolute atomic E-state index is 0.0337. The highest BCUT2D eigenvalue weighted by molar-refractivity contribution is 7.15. The zero-order valence-electron chi connectivity index (χ0n) is 16.1. The van der Waals surface area contributed by atoms with E-state index in [4.69, 9.17) is 9.47 Å². The molecular formula is C18H24N4O4S. The van der Waals surface area contributed by atoms with Crippen molar-refractivity contribution >= 4 is 34.0 Å². The van der Waals surface area contributed by atoms with Crippen molar-refractivity contribution in [2.45, 2.75) is 39.0 Å². The van der Waals surface area contributed by atoms with Crippen LogP contribution in [0.25, 0.3) is 0 Å². The summed E-state index contributed by atoms with van der Waals surface area (Å²) >= 11 is 1.33. The van der Waals surface area contributed by atoms with Crippen molar-refractivity contribution in [2.75, 3.05) is 24.9 Å². The Bertz CT molecular complexity index is 814. The van der Waals surface area contributed by atoms with Crippen molar-refractivity contribution in [3.63, 3.8) is 0 Å². The molecule has 2 amide bonds. The number of nitrogens with zero attached hydrogens (tertiary/aromatic N) is 2. The number of anilines is 2. The van der Waals surface area contributed by atoms with Gasteiger partial charge in [-0.1, -0.05) is 32.1 Å². The minimum atomic E-state index is -0.290. The van der Waals surface area contributed by atoms with E-state index in [-0.39, 0.29) is 30.1 Å². The molecule has 2 rings (SSSR count). The fraction of sp³-hybridized carbons (Fsp3) is 0.444. The summed E-state index contributed by atoms with van der Waals surface area (Å²) in [5, 5.41) is 14.7. The van der Waals surface area contributed by atoms with Gasteiger partial charge in [-0.05, 0) is 12.1 Å². The lowest BCUT2D eigenvalue weighted by molar-refractivity contribution is -0.121. The molecule has 2 aromatic rings. The lowest BCUT2D eigenvalue weighted by Gasteiger charge is -2.12. The molecule has 0 saturated heterocycles. The maximum absolute atomic E-state index is 12.1. The number of carbonyl (C=O) groups is 2. The maximum Gasteiger partial charge on any atom is 0.226 e. The molecule has 0 atom stereocenters. The minimum Gasteiger partial charge on any atom is -0.497 e. The first-order valence-electron chi connectivity index (χ1n) is 8.38. The highest BCUT2D eigenvalue weighted by Crippen LogP contribution is 2.29. The quantitative estimate of drug-likeness (QED) is 0.750. The van der Waals surface area contributed by atoms with Gasteiger partial charge in [0.2, 0.25) is 16.9 Å². The molecule has 0 bridgehead atoms. The van der Waals surface area contributed by atoms with Gasteiger partial charge in [0, 0.05) is 24.3 Å². The van der Waals surface area contributed by atoms with Crippen molar-refractivity contribution < 1.29 is 19.1 Å². The Morgan fingerprint density at radius 3 is 2.26 bits per heavy atom. The summed E-state index contributed by atoms with van der Waals surface area (Å²) in [5.74, 6) is 0.524. The smallest absolute Gasteiger partial charge is 0.226 e. The fourth-order valence-electron chi connectivity index (χ4n) is 2.10. The standard InChI is InChI=1S/C18H24N4O4S/c1-18(2,3)16-21-22-17(27-16)20-15(24)9-8-14(23)19-12-7-6-11(25-4)10-13(12)26-5/h6-7,10H,8-9H2,1-5H3,(H,19,23)(H,20,22,24). The molecule has 27 heavy (non-hydrogen) atoms. The van der Waals surface area contributed by atoms with Gasteiger partial charge in [-0.15, -0.1) is 10.2 Å². The number of aromatic nitrogens is 2. The van der Waals surface area contributed by atoms with Gasteiger partial charge in [-0.3, -0.25) is 9.59 Å². The van der Waals surface area contributed by atoms with Crippen molar-refractivity contribution in [1.29, 1.82) is 0 Å². The van der Waals surface area contributed by atoms with E-state index in [1.165, 1.54) is 18.4 Å². The largest absolute Gasteiger partial charge is 0.497 e. The second-order valence-corrected chi connectivity index (χ2v) is 7.80. The normalized spacial score (nSPS) is 11.0. The first-order valence-corrected chi connectivity index (χ1v) is 9.20. The number of carbonyl (C=O) groups excluding carboxylic acids is 2. The van der Waals surface area contributed by atoms with Crippen LogP contribution in [0.3, 0.4) is 0 Å². The van der Waals surface area contributed by atoms with Crippen LogP contribution in [0, 0.1) is 0 Å². The summed E-state index contributed by atoms with van der Waals surface area (Å²) in [7, 11) is 3.06. The number of hydrogen-bond acceptors (Lipinski definition) is 7. The first-order chi connectivity index (χ1) is 12.7. The third kappa shape index (κ3) is 5.92. The Morgan fingerprint density at radius 1 is 1.04 bits per heavy atom. The molecule has 1 heterocycles. The zero-order valence-corrected chi connectivity index (χ0v) is 16.9. The first kappa shape index (κ1) is 20.6. The van der Waals surface area contributed by atoms with Crippen LogP contribution in [0.15, 0.2) is 18.2 Å². The van der Waals surface area contributed by atoms with E-state index in [1.807, 2.05) is 20.8 Å². The van der Waals surface area contributed by atoms with Crippen molar-refractivity contribution in [3.8, 4) is 11.5 Å². The van der Waals surface area contributed by atoms with Gasteiger partial charge in [-0.25, -0.2) is 0 Å². The van der Waals surface area contributed by atoms with Gasteiger partial charge in [0.1, 0.15) is 16.5 Å². The van der Waals surface area contributed by atoms with Crippen LogP contribution >= 0.6 is 11.3 Å². The molecule has 2 N–H and O–H groups in total. The van der Waals surface area contributed by atoms with Crippen LogP contribution in [0.2, 0.25) is 0 Å². The Hall–Kier alpha value is -2.68. The number of benzene rings is 1. The molecule has 0 radical (unpaired) electrons. The van der Waals surface area contributed by atoms with Gasteiger partial charge in [-0.2, -0.15) is 0 Å². The molecular weight excluding hydrogens is 368 g/mol. The average Bonchev–Trinajstić information content (AvgIpc) is 3.09. The number of hydrogen-bond donors (Lipinski definition) is 2. The van der Waals surface area contributed by atoms with E-state index in [1.54, 1.807) is 25.3 Å². The Morgan fingerprint density at radius 2 is 1.70 bits per heavy atom. The van der Waals surface area contributed by atoms with Gasteiger partial charge in [0.05, 0.1) is 19.9 Å². The van der Waals surface area contributed by atoms with Crippen molar-refractivity contribution in [3.05, 3.63) is 23.2 Å². The highest BCUT2D eigenvalue weighted by Gasteiger charge is 2.20. The number of ether oxygens (including phenoxy) is 2. The van der Waals surface area contributed by atoms with Gasteiger partial charge in [0.15, 0.2) is 0 Å². The van der Waals surface area contributed by atoms with E-state index in [0.717, 1.165) is 5.01 Å². The number of nitrogens with one attached hydrogen (secondary N) is 2. The summed E-state index contributed by atoms with van der Waals surface area (Å²) in [6.07, 6.45) is 0.0701. The summed E-state index contributed by atoms with van der Waals surface area (Å²) in [4.78, 5) is 24.2. The van der Waals surface area contributed by atoms with Gasteiger partial charge in [0.25, 0.3) is 0 Å². The molecule has 9 heteroatoms. The molecule has 0 aliphatic heterocycles. The SMILES string of the molecule is COc1ccc(NC(=O)CCC(=O)Nc2nnc(C(C)(C)C)s2)c(OC)c1. The topological polar surface area (TPSA) is 102 Å². The predicted molar refractivity (Wildman–Crippen MR) is 105 cm³/mol. The lowest BCUT2D eigenvalue weighted by atomic mass is 9.98. The van der Waals surface area contributed by atoms with Crippen molar-refractivity contribution in [1.82, 2.24) is 10.2 Å². The third-order valence-electron chi connectivity index (χ3n) is 3.57. The second-order valence-electron chi connectivity index (χ2n) is 6.82. The van der Waals surface area contributed by atoms with Gasteiger partial charge < -0.3 is 20.1 Å². The fourth-order valence-corrected chi connectivity index (χ4v) is 2.92. The van der Waals surface area contributed by atoms with E-state index >= 15 is 0 Å². The number of rotatable bonds is 7. The maximum atomic E-state index is 12.1. The van der Waals surface area contributed by atoms with E-state index < -0.39 is 0 Å². The molecule has 8 nitrogen and oxygen atoms in total. The molecule has 0 spiro atoms. The van der Waals surface area contributed by atoms with E-state index in [9.17, 15) is 9.59 Å². The third-order valence-corrected chi connectivity index (χ3v) is 4.84. The summed E-state index contributed by atoms with van der Waals surface area (Å²) in [6, 6.07) is 5.07. The van der Waals surface area contributed by atoms with Gasteiger partial charge >= 0.3 is 0 Å². The predicted octanol–water partition coefficient (Wildman–Crippen LogP) is 3.21. The van der Waals surface area contributed by atoms with E-state index in [2.05, 4.69) is 20.8 Å². The molecule has 0 unspecified atom stereocenters. The van der Waals surface area contributed by atoms with Crippen LogP contribution in [0.5, 0.6) is 11.5 Å². The molecule has 0 aliphatic rings. The average molecular weight is 392 g/mol. The van der Waals surface area contributed by atoms with Crippen LogP contribution in [0.4, 0.5) is 10.8 Å². The summed E-state index contributed by atoms with van der Waals surface area (Å²) < 4.78 is 10.4. The van der Waals surface area contributed by atoms with Crippen LogP contribution < -0.4 is 20.1 Å². The van der Waals surface area contributed by atoms with E-state index in [0.29, 0.717) is 22.3 Å². The Balaban J connectivity index is 1.86. The number of methoxy groups -OCH3 is 2. The Labute approximate surface area is 162 Å².